The van der Waals surface area contributed by atoms with Gasteiger partial charge in [0.25, 0.3) is 0 Å². The molecular formula is C17H32N4O2. The van der Waals surface area contributed by atoms with Gasteiger partial charge in [0, 0.05) is 25.2 Å². The fourth-order valence-electron chi connectivity index (χ4n) is 3.22. The van der Waals surface area contributed by atoms with Crippen molar-refractivity contribution in [1.82, 2.24) is 20.4 Å². The normalized spacial score (nSPS) is 23.0. The van der Waals surface area contributed by atoms with Crippen LogP contribution in [0.25, 0.3) is 0 Å². The summed E-state index contributed by atoms with van der Waals surface area (Å²) in [7, 11) is 4.07. The van der Waals surface area contributed by atoms with E-state index in [-0.39, 0.29) is 29.4 Å². The molecule has 2 rings (SSSR count). The molecule has 2 atom stereocenters. The fraction of sp³-hybridized carbons (Fsp3) is 0.882. The van der Waals surface area contributed by atoms with Crippen LogP contribution >= 0.6 is 0 Å². The molecule has 1 saturated heterocycles. The summed E-state index contributed by atoms with van der Waals surface area (Å²) < 4.78 is 0. The molecule has 6 heteroatoms. The van der Waals surface area contributed by atoms with Crippen molar-refractivity contribution in [2.24, 2.45) is 5.41 Å². The lowest BCUT2D eigenvalue weighted by Gasteiger charge is -2.36. The monoisotopic (exact) mass is 324 g/mol. The average Bonchev–Trinajstić information content (AvgIpc) is 3.09. The second-order valence-corrected chi connectivity index (χ2v) is 8.03. The quantitative estimate of drug-likeness (QED) is 0.776. The molecule has 2 fully saturated rings. The van der Waals surface area contributed by atoms with Crippen LogP contribution < -0.4 is 10.6 Å². The van der Waals surface area contributed by atoms with E-state index >= 15 is 0 Å². The smallest absolute Gasteiger partial charge is 0.318 e. The van der Waals surface area contributed by atoms with Crippen molar-refractivity contribution in [3.8, 4) is 0 Å². The summed E-state index contributed by atoms with van der Waals surface area (Å²) in [6, 6.07) is -0.0476. The average molecular weight is 324 g/mol. The Morgan fingerprint density at radius 2 is 1.91 bits per heavy atom. The van der Waals surface area contributed by atoms with Gasteiger partial charge in [0.15, 0.2) is 0 Å². The highest BCUT2D eigenvalue weighted by Gasteiger charge is 2.38. The Bertz CT molecular complexity index is 446. The predicted octanol–water partition coefficient (Wildman–Crippen LogP) is 1.42. The molecular weight excluding hydrogens is 292 g/mol. The van der Waals surface area contributed by atoms with Gasteiger partial charge in [-0.2, -0.15) is 0 Å². The largest absolute Gasteiger partial charge is 0.352 e. The number of hydrogen-bond donors (Lipinski definition) is 2. The Morgan fingerprint density at radius 1 is 1.26 bits per heavy atom. The number of carbonyl (C=O) groups is 2. The summed E-state index contributed by atoms with van der Waals surface area (Å²) in [5.41, 5.74) is -0.0371. The lowest BCUT2D eigenvalue weighted by atomic mass is 9.85. The highest BCUT2D eigenvalue weighted by molar-refractivity contribution is 5.88. The molecule has 3 amide bonds. The van der Waals surface area contributed by atoms with Gasteiger partial charge in [0.1, 0.15) is 6.04 Å². The van der Waals surface area contributed by atoms with Crippen molar-refractivity contribution in [2.45, 2.75) is 64.6 Å². The number of rotatable bonds is 6. The van der Waals surface area contributed by atoms with Crippen molar-refractivity contribution >= 4 is 11.9 Å². The maximum Gasteiger partial charge on any atom is 0.318 e. The van der Waals surface area contributed by atoms with Crippen LogP contribution in [0.4, 0.5) is 4.79 Å². The Hall–Kier alpha value is -1.30. The number of nitrogens with one attached hydrogen (secondary N) is 2. The predicted molar refractivity (Wildman–Crippen MR) is 91.2 cm³/mol. The Labute approximate surface area is 140 Å². The van der Waals surface area contributed by atoms with Gasteiger partial charge < -0.3 is 20.4 Å². The van der Waals surface area contributed by atoms with E-state index in [9.17, 15) is 9.59 Å². The maximum atomic E-state index is 12.6. The Balaban J connectivity index is 1.91. The van der Waals surface area contributed by atoms with Crippen LogP contribution in [0.1, 0.15) is 46.5 Å². The van der Waals surface area contributed by atoms with Gasteiger partial charge in [-0.15, -0.1) is 0 Å². The van der Waals surface area contributed by atoms with E-state index in [0.717, 1.165) is 32.2 Å². The second-order valence-electron chi connectivity index (χ2n) is 8.03. The molecule has 1 heterocycles. The van der Waals surface area contributed by atoms with Gasteiger partial charge in [0.2, 0.25) is 5.91 Å². The summed E-state index contributed by atoms with van der Waals surface area (Å²) in [6.45, 7) is 7.89. The van der Waals surface area contributed by atoms with Crippen molar-refractivity contribution in [3.63, 3.8) is 0 Å². The zero-order valence-electron chi connectivity index (χ0n) is 15.2. The molecule has 132 valence electrons. The first-order valence-corrected chi connectivity index (χ1v) is 8.73. The van der Waals surface area contributed by atoms with Crippen LogP contribution in [-0.2, 0) is 4.79 Å². The number of carbonyl (C=O) groups excluding carboxylic acids is 2. The van der Waals surface area contributed by atoms with E-state index in [1.807, 2.05) is 21.0 Å². The van der Waals surface area contributed by atoms with E-state index in [1.165, 1.54) is 0 Å². The molecule has 0 aromatic heterocycles. The molecule has 6 nitrogen and oxygen atoms in total. The number of urea groups is 1. The molecule has 23 heavy (non-hydrogen) atoms. The molecule has 0 radical (unpaired) electrons. The molecule has 0 aromatic rings. The minimum absolute atomic E-state index is 0.0142. The minimum Gasteiger partial charge on any atom is -0.352 e. The first-order valence-electron chi connectivity index (χ1n) is 8.73. The third-order valence-electron chi connectivity index (χ3n) is 4.98. The van der Waals surface area contributed by atoms with E-state index < -0.39 is 0 Å². The number of likely N-dealkylation sites (tertiary alicyclic amines) is 1. The summed E-state index contributed by atoms with van der Waals surface area (Å²) in [4.78, 5) is 28.8. The number of amides is 3. The number of hydrogen-bond acceptors (Lipinski definition) is 3. The lowest BCUT2D eigenvalue weighted by molar-refractivity contribution is -0.124. The Morgan fingerprint density at radius 3 is 2.48 bits per heavy atom. The molecule has 1 aliphatic heterocycles. The van der Waals surface area contributed by atoms with Crippen LogP contribution in [-0.4, -0.2) is 67.0 Å². The fourth-order valence-corrected chi connectivity index (χ4v) is 3.22. The second kappa shape index (κ2) is 7.07. The van der Waals surface area contributed by atoms with Crippen molar-refractivity contribution < 1.29 is 9.59 Å². The van der Waals surface area contributed by atoms with Gasteiger partial charge in [-0.1, -0.05) is 13.8 Å². The zero-order valence-corrected chi connectivity index (χ0v) is 15.2. The molecule has 1 saturated carbocycles. The molecule has 0 spiro atoms. The first kappa shape index (κ1) is 18.0. The van der Waals surface area contributed by atoms with Crippen molar-refractivity contribution in [2.75, 3.05) is 27.2 Å². The summed E-state index contributed by atoms with van der Waals surface area (Å²) in [5, 5.41) is 6.12. The van der Waals surface area contributed by atoms with Gasteiger partial charge in [-0.3, -0.25) is 4.79 Å². The van der Waals surface area contributed by atoms with E-state index in [1.54, 1.807) is 4.90 Å². The Kier molecular flexibility index (Phi) is 5.55. The molecule has 0 bridgehead atoms. The van der Waals surface area contributed by atoms with Crippen molar-refractivity contribution in [1.29, 1.82) is 0 Å². The third kappa shape index (κ3) is 4.83. The zero-order chi connectivity index (χ0) is 17.2. The van der Waals surface area contributed by atoms with Gasteiger partial charge in [-0.25, -0.2) is 4.79 Å². The summed E-state index contributed by atoms with van der Waals surface area (Å²) in [5.74, 6) is 0.0142. The van der Waals surface area contributed by atoms with Crippen LogP contribution in [0.3, 0.4) is 0 Å². The highest BCUT2D eigenvalue weighted by Crippen LogP contribution is 2.24. The van der Waals surface area contributed by atoms with Gasteiger partial charge in [0.05, 0.1) is 0 Å². The summed E-state index contributed by atoms with van der Waals surface area (Å²) >= 11 is 0. The lowest BCUT2D eigenvalue weighted by Crippen LogP contribution is -2.55. The van der Waals surface area contributed by atoms with E-state index in [4.69, 9.17) is 0 Å². The molecule has 0 unspecified atom stereocenters. The first-order chi connectivity index (χ1) is 10.7. The minimum atomic E-state index is -0.306. The van der Waals surface area contributed by atoms with Gasteiger partial charge in [-0.05, 0) is 52.1 Å². The van der Waals surface area contributed by atoms with Gasteiger partial charge >= 0.3 is 6.03 Å². The third-order valence-corrected chi connectivity index (χ3v) is 4.98. The summed E-state index contributed by atoms with van der Waals surface area (Å²) in [6.07, 6.45) is 3.80. The highest BCUT2D eigenvalue weighted by atomic mass is 16.2. The van der Waals surface area contributed by atoms with Crippen molar-refractivity contribution in [3.05, 3.63) is 0 Å². The van der Waals surface area contributed by atoms with E-state index in [0.29, 0.717) is 12.6 Å². The maximum absolute atomic E-state index is 12.6. The van der Waals surface area contributed by atoms with E-state index in [2.05, 4.69) is 29.4 Å². The standard InChI is InChI=1S/C17H32N4O2/c1-12(17(2,3)11-20(4)5)18-16(23)21-10-6-7-14(21)15(22)19-13-8-9-13/h12-14H,6-11H2,1-5H3,(H,18,23)(H,19,22)/t12-,14+/m1/s1. The van der Waals surface area contributed by atoms with Crippen LogP contribution in [0.2, 0.25) is 0 Å². The molecule has 2 N–H and O–H groups in total. The number of nitrogens with zero attached hydrogens (tertiary/aromatic N) is 2. The molecule has 2 aliphatic rings. The van der Waals surface area contributed by atoms with Crippen LogP contribution in [0.15, 0.2) is 0 Å². The molecule has 0 aromatic carbocycles. The SMILES string of the molecule is C[C@@H](NC(=O)N1CCC[C@H]1C(=O)NC1CC1)C(C)(C)CN(C)C. The molecule has 1 aliphatic carbocycles. The topological polar surface area (TPSA) is 64.7 Å². The van der Waals surface area contributed by atoms with Crippen LogP contribution in [0, 0.1) is 5.41 Å². The van der Waals surface area contributed by atoms with Crippen LogP contribution in [0.5, 0.6) is 0 Å².